The van der Waals surface area contributed by atoms with Crippen molar-refractivity contribution in [3.8, 4) is 0 Å². The van der Waals surface area contributed by atoms with Crippen molar-refractivity contribution in [3.05, 3.63) is 16.4 Å². The molecule has 1 aliphatic carbocycles. The molecule has 90 valence electrons. The lowest BCUT2D eigenvalue weighted by molar-refractivity contribution is 0.511. The van der Waals surface area contributed by atoms with Crippen molar-refractivity contribution in [1.82, 2.24) is 9.78 Å². The molecule has 0 bridgehead atoms. The minimum atomic E-state index is 0.316. The van der Waals surface area contributed by atoms with Gasteiger partial charge in [0.15, 0.2) is 0 Å². The summed E-state index contributed by atoms with van der Waals surface area (Å²) in [7, 11) is 0. The Kier molecular flexibility index (Phi) is 3.81. The zero-order valence-electron chi connectivity index (χ0n) is 9.84. The Morgan fingerprint density at radius 1 is 1.44 bits per heavy atom. The second-order valence-electron chi connectivity index (χ2n) is 4.57. The summed E-state index contributed by atoms with van der Waals surface area (Å²) in [6.07, 6.45) is 4.58. The summed E-state index contributed by atoms with van der Waals surface area (Å²) < 4.78 is 2.01. The van der Waals surface area contributed by atoms with E-state index in [9.17, 15) is 0 Å². The number of aryl methyl sites for hydroxylation is 2. The maximum absolute atomic E-state index is 6.31. The Morgan fingerprint density at radius 2 is 2.19 bits per heavy atom. The first kappa shape index (κ1) is 12.3. The molecular weight excluding hydrogens is 243 g/mol. The fourth-order valence-corrected chi connectivity index (χ4v) is 3.12. The van der Waals surface area contributed by atoms with Gasteiger partial charge in [0.25, 0.3) is 0 Å². The average molecular weight is 261 g/mol. The van der Waals surface area contributed by atoms with Gasteiger partial charge >= 0.3 is 0 Å². The highest BCUT2D eigenvalue weighted by Gasteiger charge is 2.27. The van der Waals surface area contributed by atoms with Gasteiger partial charge in [0.2, 0.25) is 0 Å². The number of hydrogen-bond acceptors (Lipinski definition) is 1. The van der Waals surface area contributed by atoms with Crippen LogP contribution < -0.4 is 0 Å². The highest BCUT2D eigenvalue weighted by atomic mass is 35.5. The zero-order chi connectivity index (χ0) is 11.7. The third-order valence-corrected chi connectivity index (χ3v) is 4.54. The molecule has 0 N–H and O–H groups in total. The first-order chi connectivity index (χ1) is 7.63. The average Bonchev–Trinajstić information content (AvgIpc) is 2.78. The first-order valence-electron chi connectivity index (χ1n) is 5.99. The van der Waals surface area contributed by atoms with Crippen LogP contribution in [0.15, 0.2) is 0 Å². The molecule has 2 atom stereocenters. The van der Waals surface area contributed by atoms with Crippen LogP contribution in [0.1, 0.15) is 37.6 Å². The molecule has 1 fully saturated rings. The van der Waals surface area contributed by atoms with Gasteiger partial charge in [-0.1, -0.05) is 18.0 Å². The van der Waals surface area contributed by atoms with Crippen LogP contribution in [-0.2, 0) is 13.0 Å². The predicted octanol–water partition coefficient (Wildman–Crippen LogP) is 3.81. The highest BCUT2D eigenvalue weighted by molar-refractivity contribution is 6.31. The molecule has 0 radical (unpaired) electrons. The maximum atomic E-state index is 6.31. The molecule has 1 aliphatic rings. The third-order valence-electron chi connectivity index (χ3n) is 3.47. The third kappa shape index (κ3) is 2.23. The highest BCUT2D eigenvalue weighted by Crippen LogP contribution is 2.34. The molecule has 1 saturated carbocycles. The van der Waals surface area contributed by atoms with E-state index < -0.39 is 0 Å². The van der Waals surface area contributed by atoms with Crippen LogP contribution in [-0.4, -0.2) is 15.2 Å². The number of aromatic nitrogens is 2. The van der Waals surface area contributed by atoms with E-state index in [0.717, 1.165) is 30.1 Å². The van der Waals surface area contributed by atoms with E-state index in [2.05, 4.69) is 12.0 Å². The second-order valence-corrected chi connectivity index (χ2v) is 5.51. The van der Waals surface area contributed by atoms with E-state index in [0.29, 0.717) is 11.3 Å². The molecule has 1 aromatic heterocycles. The van der Waals surface area contributed by atoms with E-state index in [1.165, 1.54) is 18.5 Å². The normalized spacial score (nSPS) is 25.2. The summed E-state index contributed by atoms with van der Waals surface area (Å²) in [6.45, 7) is 4.94. The summed E-state index contributed by atoms with van der Waals surface area (Å²) in [6, 6.07) is 0. The molecule has 0 spiro atoms. The molecule has 0 saturated heterocycles. The summed E-state index contributed by atoms with van der Waals surface area (Å²) in [5.74, 6) is 0.570. The van der Waals surface area contributed by atoms with E-state index in [1.807, 2.05) is 11.6 Å². The quantitative estimate of drug-likeness (QED) is 0.756. The summed E-state index contributed by atoms with van der Waals surface area (Å²) >= 11 is 12.6. The monoisotopic (exact) mass is 260 g/mol. The summed E-state index contributed by atoms with van der Waals surface area (Å²) in [5.41, 5.74) is 2.10. The molecule has 0 amide bonds. The van der Waals surface area contributed by atoms with Gasteiger partial charge in [-0.25, -0.2) is 0 Å². The largest absolute Gasteiger partial charge is 0.268 e. The molecule has 1 aromatic rings. The van der Waals surface area contributed by atoms with Crippen molar-refractivity contribution in [2.45, 2.75) is 51.5 Å². The Labute approximate surface area is 107 Å². The van der Waals surface area contributed by atoms with E-state index >= 15 is 0 Å². The van der Waals surface area contributed by atoms with Crippen molar-refractivity contribution >= 4 is 23.2 Å². The Hall–Kier alpha value is -0.210. The van der Waals surface area contributed by atoms with Crippen LogP contribution in [0.2, 0.25) is 5.02 Å². The number of rotatable bonds is 3. The molecule has 2 nitrogen and oxygen atoms in total. The molecule has 2 rings (SSSR count). The van der Waals surface area contributed by atoms with Crippen LogP contribution >= 0.6 is 23.2 Å². The predicted molar refractivity (Wildman–Crippen MR) is 68.3 cm³/mol. The van der Waals surface area contributed by atoms with Crippen LogP contribution in [0.25, 0.3) is 0 Å². The lowest BCUT2D eigenvalue weighted by Gasteiger charge is -2.14. The van der Waals surface area contributed by atoms with Gasteiger partial charge in [-0.15, -0.1) is 11.6 Å². The summed E-state index contributed by atoms with van der Waals surface area (Å²) in [4.78, 5) is 0. The second kappa shape index (κ2) is 4.97. The Balaban J connectivity index is 2.19. The number of nitrogens with zero attached hydrogens (tertiary/aromatic N) is 2. The molecule has 0 aliphatic heterocycles. The van der Waals surface area contributed by atoms with E-state index in [-0.39, 0.29) is 0 Å². The van der Waals surface area contributed by atoms with Gasteiger partial charge in [0.05, 0.1) is 16.4 Å². The van der Waals surface area contributed by atoms with Gasteiger partial charge in [0.1, 0.15) is 0 Å². The lowest BCUT2D eigenvalue weighted by atomic mass is 10.0. The maximum Gasteiger partial charge on any atom is 0.0847 e. The van der Waals surface area contributed by atoms with Crippen molar-refractivity contribution < 1.29 is 0 Å². The molecule has 0 aromatic carbocycles. The van der Waals surface area contributed by atoms with Crippen LogP contribution in [0.4, 0.5) is 0 Å². The van der Waals surface area contributed by atoms with Crippen molar-refractivity contribution in [2.75, 3.05) is 0 Å². The molecule has 16 heavy (non-hydrogen) atoms. The van der Waals surface area contributed by atoms with E-state index in [1.54, 1.807) is 0 Å². The molecule has 1 heterocycles. The van der Waals surface area contributed by atoms with Crippen LogP contribution in [0.3, 0.4) is 0 Å². The van der Waals surface area contributed by atoms with Gasteiger partial charge in [-0.2, -0.15) is 5.10 Å². The van der Waals surface area contributed by atoms with Gasteiger partial charge in [-0.3, -0.25) is 4.68 Å². The van der Waals surface area contributed by atoms with Crippen molar-refractivity contribution in [3.63, 3.8) is 0 Å². The zero-order valence-corrected chi connectivity index (χ0v) is 11.4. The first-order valence-corrected chi connectivity index (χ1v) is 6.80. The smallest absolute Gasteiger partial charge is 0.0847 e. The lowest BCUT2D eigenvalue weighted by Crippen LogP contribution is -2.14. The number of alkyl halides is 1. The van der Waals surface area contributed by atoms with E-state index in [4.69, 9.17) is 23.2 Å². The minimum Gasteiger partial charge on any atom is -0.268 e. The fourth-order valence-electron chi connectivity index (χ4n) is 2.53. The van der Waals surface area contributed by atoms with Crippen LogP contribution in [0.5, 0.6) is 0 Å². The minimum absolute atomic E-state index is 0.316. The van der Waals surface area contributed by atoms with Crippen LogP contribution in [0, 0.1) is 12.8 Å². The summed E-state index contributed by atoms with van der Waals surface area (Å²) in [5, 5.41) is 5.58. The molecule has 2 unspecified atom stereocenters. The SMILES string of the molecule is CCn1nc(C)c(Cl)c1CC1CCCC1Cl. The van der Waals surface area contributed by atoms with Gasteiger partial charge in [-0.05, 0) is 39.0 Å². The Bertz CT molecular complexity index is 373. The van der Waals surface area contributed by atoms with Gasteiger partial charge < -0.3 is 0 Å². The fraction of sp³-hybridized carbons (Fsp3) is 0.750. The molecule has 4 heteroatoms. The Morgan fingerprint density at radius 3 is 2.75 bits per heavy atom. The number of halogens is 2. The van der Waals surface area contributed by atoms with Gasteiger partial charge in [0, 0.05) is 11.9 Å². The topological polar surface area (TPSA) is 17.8 Å². The number of hydrogen-bond donors (Lipinski definition) is 0. The molecular formula is C12H18Cl2N2. The van der Waals surface area contributed by atoms with Crippen molar-refractivity contribution in [2.24, 2.45) is 5.92 Å². The van der Waals surface area contributed by atoms with Crippen molar-refractivity contribution in [1.29, 1.82) is 0 Å². The standard InChI is InChI=1S/C12H18Cl2N2/c1-3-16-11(12(14)8(2)15-16)7-9-5-4-6-10(9)13/h9-10H,3-7H2,1-2H3.